The number of phenols is 1. The van der Waals surface area contributed by atoms with Gasteiger partial charge in [0, 0.05) is 12.1 Å². The predicted octanol–water partition coefficient (Wildman–Crippen LogP) is 3.28. The molecule has 0 aromatic heterocycles. The summed E-state index contributed by atoms with van der Waals surface area (Å²) < 4.78 is 5.34. The van der Waals surface area contributed by atoms with Gasteiger partial charge >= 0.3 is 6.09 Å². The van der Waals surface area contributed by atoms with Crippen molar-refractivity contribution in [2.45, 2.75) is 45.8 Å². The molecule has 0 aliphatic carbocycles. The number of rotatable bonds is 5. The van der Waals surface area contributed by atoms with Crippen molar-refractivity contribution in [3.8, 4) is 5.75 Å². The third kappa shape index (κ3) is 4.77. The fourth-order valence-corrected chi connectivity index (χ4v) is 1.96. The van der Waals surface area contributed by atoms with Crippen LogP contribution in [0.3, 0.4) is 0 Å². The van der Waals surface area contributed by atoms with Crippen molar-refractivity contribution in [3.63, 3.8) is 0 Å². The van der Waals surface area contributed by atoms with Crippen LogP contribution in [0.1, 0.15) is 45.7 Å². The number of hydrogen-bond acceptors (Lipinski definition) is 4. The highest BCUT2D eigenvalue weighted by atomic mass is 16.6. The van der Waals surface area contributed by atoms with E-state index in [1.54, 1.807) is 39.0 Å². The number of aromatic hydroxyl groups is 1. The number of nitrogens with zero attached hydrogens (tertiary/aromatic N) is 1. The molecule has 0 aliphatic rings. The van der Waals surface area contributed by atoms with E-state index in [4.69, 9.17) is 4.74 Å². The Hall–Kier alpha value is -2.04. The van der Waals surface area contributed by atoms with E-state index in [9.17, 15) is 14.7 Å². The Bertz CT molecular complexity index is 493. The molecular formula is C16H23NO4. The van der Waals surface area contributed by atoms with Gasteiger partial charge in [0.15, 0.2) is 0 Å². The standard InChI is InChI=1S/C16H23NO4/c1-5-10-17(15(20)21-16(2,3)4)13(11-18)12-8-6-7-9-14(12)19/h6-9,11,13,19H,5,10H2,1-4H3. The first-order valence-electron chi connectivity index (χ1n) is 7.03. The molecule has 1 aromatic carbocycles. The summed E-state index contributed by atoms with van der Waals surface area (Å²) >= 11 is 0. The van der Waals surface area contributed by atoms with Crippen molar-refractivity contribution in [2.24, 2.45) is 0 Å². The van der Waals surface area contributed by atoms with E-state index in [0.29, 0.717) is 24.8 Å². The smallest absolute Gasteiger partial charge is 0.411 e. The lowest BCUT2D eigenvalue weighted by atomic mass is 10.1. The zero-order valence-electron chi connectivity index (χ0n) is 13.0. The maximum Gasteiger partial charge on any atom is 0.411 e. The van der Waals surface area contributed by atoms with Crippen LogP contribution in [-0.2, 0) is 9.53 Å². The molecule has 0 saturated heterocycles. The van der Waals surface area contributed by atoms with E-state index in [1.165, 1.54) is 11.0 Å². The third-order valence-electron chi connectivity index (χ3n) is 2.81. The first-order chi connectivity index (χ1) is 9.80. The van der Waals surface area contributed by atoms with E-state index < -0.39 is 17.7 Å². The number of hydrogen-bond donors (Lipinski definition) is 1. The van der Waals surface area contributed by atoms with E-state index in [-0.39, 0.29) is 5.75 Å². The molecule has 116 valence electrons. The summed E-state index contributed by atoms with van der Waals surface area (Å²) in [5.41, 5.74) is -0.248. The van der Waals surface area contributed by atoms with Crippen LogP contribution < -0.4 is 0 Å². The SMILES string of the molecule is CCCN(C(=O)OC(C)(C)C)C(C=O)c1ccccc1O. The maximum absolute atomic E-state index is 12.3. The molecule has 1 aromatic rings. The lowest BCUT2D eigenvalue weighted by Gasteiger charge is -2.31. The monoisotopic (exact) mass is 293 g/mol. The first kappa shape index (κ1) is 17.0. The minimum absolute atomic E-state index is 0.0146. The number of phenolic OH excluding ortho intramolecular Hbond substituents is 1. The van der Waals surface area contributed by atoms with Crippen LogP contribution in [0.15, 0.2) is 24.3 Å². The topological polar surface area (TPSA) is 66.8 Å². The average molecular weight is 293 g/mol. The lowest BCUT2D eigenvalue weighted by molar-refractivity contribution is -0.112. The van der Waals surface area contributed by atoms with Crippen LogP contribution in [0, 0.1) is 0 Å². The summed E-state index contributed by atoms with van der Waals surface area (Å²) in [4.78, 5) is 25.1. The Kier molecular flexibility index (Phi) is 5.76. The minimum Gasteiger partial charge on any atom is -0.508 e. The van der Waals surface area contributed by atoms with Crippen molar-refractivity contribution in [1.29, 1.82) is 0 Å². The normalized spacial score (nSPS) is 12.6. The van der Waals surface area contributed by atoms with Gasteiger partial charge in [0.25, 0.3) is 0 Å². The number of para-hydroxylation sites is 1. The highest BCUT2D eigenvalue weighted by Gasteiger charge is 2.29. The molecule has 5 nitrogen and oxygen atoms in total. The molecule has 0 bridgehead atoms. The Morgan fingerprint density at radius 1 is 1.38 bits per heavy atom. The summed E-state index contributed by atoms with van der Waals surface area (Å²) in [6, 6.07) is 5.64. The highest BCUT2D eigenvalue weighted by molar-refractivity contribution is 5.75. The van der Waals surface area contributed by atoms with Gasteiger partial charge in [-0.05, 0) is 33.3 Å². The summed E-state index contributed by atoms with van der Waals surface area (Å²) in [7, 11) is 0. The molecule has 0 fully saturated rings. The van der Waals surface area contributed by atoms with Crippen LogP contribution in [0.4, 0.5) is 4.79 Å². The molecule has 1 atom stereocenters. The molecule has 0 saturated carbocycles. The first-order valence-corrected chi connectivity index (χ1v) is 7.03. The molecule has 0 heterocycles. The van der Waals surface area contributed by atoms with Crippen molar-refractivity contribution in [2.75, 3.05) is 6.54 Å². The summed E-state index contributed by atoms with van der Waals surface area (Å²) in [6.07, 6.45) is 0.760. The van der Waals surface area contributed by atoms with Gasteiger partial charge in [0.1, 0.15) is 23.7 Å². The Balaban J connectivity index is 3.09. The number of carbonyl (C=O) groups is 2. The van der Waals surface area contributed by atoms with Gasteiger partial charge in [-0.2, -0.15) is 0 Å². The van der Waals surface area contributed by atoms with E-state index in [1.807, 2.05) is 6.92 Å². The number of carbonyl (C=O) groups excluding carboxylic acids is 2. The summed E-state index contributed by atoms with van der Waals surface area (Å²) in [5, 5.41) is 9.91. The quantitative estimate of drug-likeness (QED) is 0.846. The fraction of sp³-hybridized carbons (Fsp3) is 0.500. The van der Waals surface area contributed by atoms with E-state index >= 15 is 0 Å². The molecule has 0 spiro atoms. The molecule has 0 aliphatic heterocycles. The fourth-order valence-electron chi connectivity index (χ4n) is 1.96. The van der Waals surface area contributed by atoms with Crippen LogP contribution in [0.25, 0.3) is 0 Å². The zero-order valence-corrected chi connectivity index (χ0v) is 13.0. The van der Waals surface area contributed by atoms with Gasteiger partial charge in [0.05, 0.1) is 0 Å². The average Bonchev–Trinajstić information content (AvgIpc) is 2.38. The van der Waals surface area contributed by atoms with Gasteiger partial charge in [-0.1, -0.05) is 25.1 Å². The van der Waals surface area contributed by atoms with Gasteiger partial charge in [-0.3, -0.25) is 4.90 Å². The minimum atomic E-state index is -0.860. The number of ether oxygens (including phenoxy) is 1. The molecular weight excluding hydrogens is 270 g/mol. The maximum atomic E-state index is 12.3. The van der Waals surface area contributed by atoms with E-state index in [2.05, 4.69) is 0 Å². The van der Waals surface area contributed by atoms with Gasteiger partial charge < -0.3 is 14.6 Å². The molecule has 5 heteroatoms. The van der Waals surface area contributed by atoms with Gasteiger partial charge in [-0.25, -0.2) is 4.79 Å². The van der Waals surface area contributed by atoms with Crippen molar-refractivity contribution >= 4 is 12.4 Å². The second-order valence-corrected chi connectivity index (χ2v) is 5.81. The summed E-state index contributed by atoms with van der Waals surface area (Å²) in [5.74, 6) is -0.0146. The third-order valence-corrected chi connectivity index (χ3v) is 2.81. The summed E-state index contributed by atoms with van der Waals surface area (Å²) in [6.45, 7) is 7.58. The molecule has 0 radical (unpaired) electrons. The lowest BCUT2D eigenvalue weighted by Crippen LogP contribution is -2.40. The van der Waals surface area contributed by atoms with Crippen LogP contribution in [-0.4, -0.2) is 34.5 Å². The second kappa shape index (κ2) is 7.11. The Labute approximate surface area is 125 Å². The number of aldehydes is 1. The van der Waals surface area contributed by atoms with Crippen molar-refractivity contribution < 1.29 is 19.4 Å². The van der Waals surface area contributed by atoms with Crippen molar-refractivity contribution in [3.05, 3.63) is 29.8 Å². The van der Waals surface area contributed by atoms with Crippen LogP contribution in [0.5, 0.6) is 5.75 Å². The van der Waals surface area contributed by atoms with Gasteiger partial charge in [0.2, 0.25) is 0 Å². The Morgan fingerprint density at radius 3 is 2.48 bits per heavy atom. The molecule has 1 rings (SSSR count). The Morgan fingerprint density at radius 2 is 2.00 bits per heavy atom. The molecule has 1 N–H and O–H groups in total. The van der Waals surface area contributed by atoms with Crippen LogP contribution >= 0.6 is 0 Å². The largest absolute Gasteiger partial charge is 0.508 e. The molecule has 1 unspecified atom stereocenters. The number of benzene rings is 1. The zero-order chi connectivity index (χ0) is 16.0. The predicted molar refractivity (Wildman–Crippen MR) is 80.1 cm³/mol. The highest BCUT2D eigenvalue weighted by Crippen LogP contribution is 2.28. The second-order valence-electron chi connectivity index (χ2n) is 5.81. The molecule has 21 heavy (non-hydrogen) atoms. The van der Waals surface area contributed by atoms with Crippen LogP contribution in [0.2, 0.25) is 0 Å². The van der Waals surface area contributed by atoms with E-state index in [0.717, 1.165) is 0 Å². The number of amides is 1. The van der Waals surface area contributed by atoms with Gasteiger partial charge in [-0.15, -0.1) is 0 Å². The molecule has 1 amide bonds. The van der Waals surface area contributed by atoms with Crippen molar-refractivity contribution in [1.82, 2.24) is 4.90 Å².